The van der Waals surface area contributed by atoms with Gasteiger partial charge in [-0.25, -0.2) is 0 Å². The average molecular weight is 278 g/mol. The zero-order valence-electron chi connectivity index (χ0n) is 12.6. The first-order valence-electron chi connectivity index (χ1n) is 7.41. The van der Waals surface area contributed by atoms with Crippen LogP contribution in [0.2, 0.25) is 25.7 Å². The SMILES string of the molecule is C[Si](C)(C)CC1=CCc2cccc(-c3ccccc3)c21. The third kappa shape index (κ3) is 2.64. The van der Waals surface area contributed by atoms with Crippen molar-refractivity contribution in [2.24, 2.45) is 0 Å². The van der Waals surface area contributed by atoms with Crippen molar-refractivity contribution in [1.29, 1.82) is 0 Å². The minimum Gasteiger partial charge on any atom is -0.0766 e. The van der Waals surface area contributed by atoms with E-state index in [0.717, 1.165) is 6.42 Å². The van der Waals surface area contributed by atoms with Gasteiger partial charge in [-0.1, -0.05) is 74.2 Å². The van der Waals surface area contributed by atoms with Crippen LogP contribution in [0.1, 0.15) is 11.1 Å². The molecule has 0 fully saturated rings. The minimum atomic E-state index is -1.08. The Bertz CT molecular complexity index is 645. The molecule has 0 aliphatic heterocycles. The summed E-state index contributed by atoms with van der Waals surface area (Å²) in [6.07, 6.45) is 3.56. The fourth-order valence-corrected chi connectivity index (χ4v) is 4.54. The van der Waals surface area contributed by atoms with Gasteiger partial charge in [0.05, 0.1) is 0 Å². The molecule has 0 radical (unpaired) electrons. The lowest BCUT2D eigenvalue weighted by Gasteiger charge is -2.19. The van der Waals surface area contributed by atoms with Crippen molar-refractivity contribution in [1.82, 2.24) is 0 Å². The molecule has 1 aliphatic carbocycles. The topological polar surface area (TPSA) is 0 Å². The van der Waals surface area contributed by atoms with Gasteiger partial charge in [0.2, 0.25) is 0 Å². The zero-order chi connectivity index (χ0) is 14.2. The molecular formula is C19H22Si. The van der Waals surface area contributed by atoms with Crippen LogP contribution in [0.3, 0.4) is 0 Å². The first kappa shape index (κ1) is 13.4. The van der Waals surface area contributed by atoms with E-state index in [-0.39, 0.29) is 0 Å². The molecular weight excluding hydrogens is 256 g/mol. The maximum absolute atomic E-state index is 2.46. The van der Waals surface area contributed by atoms with Crippen molar-refractivity contribution in [2.45, 2.75) is 32.1 Å². The van der Waals surface area contributed by atoms with E-state index in [1.807, 2.05) is 0 Å². The second-order valence-corrected chi connectivity index (χ2v) is 12.4. The predicted molar refractivity (Wildman–Crippen MR) is 91.7 cm³/mol. The number of benzene rings is 2. The summed E-state index contributed by atoms with van der Waals surface area (Å²) in [6, 6.07) is 18.8. The van der Waals surface area contributed by atoms with Crippen molar-refractivity contribution in [3.05, 3.63) is 65.7 Å². The normalized spacial score (nSPS) is 14.1. The van der Waals surface area contributed by atoms with Gasteiger partial charge in [0.25, 0.3) is 0 Å². The zero-order valence-corrected chi connectivity index (χ0v) is 13.6. The Labute approximate surface area is 123 Å². The first-order valence-corrected chi connectivity index (χ1v) is 11.1. The highest BCUT2D eigenvalue weighted by Gasteiger charge is 2.23. The van der Waals surface area contributed by atoms with Crippen molar-refractivity contribution in [2.75, 3.05) is 0 Å². The summed E-state index contributed by atoms with van der Waals surface area (Å²) in [5, 5.41) is 0. The van der Waals surface area contributed by atoms with Crippen LogP contribution in [0.4, 0.5) is 0 Å². The largest absolute Gasteiger partial charge is 0.0766 e. The number of rotatable bonds is 3. The third-order valence-corrected chi connectivity index (χ3v) is 5.29. The highest BCUT2D eigenvalue weighted by Crippen LogP contribution is 2.39. The van der Waals surface area contributed by atoms with E-state index in [0.29, 0.717) is 0 Å². The Hall–Kier alpha value is -1.60. The molecule has 0 aromatic heterocycles. The van der Waals surface area contributed by atoms with Gasteiger partial charge in [0, 0.05) is 8.07 Å². The Kier molecular flexibility index (Phi) is 3.39. The Morgan fingerprint density at radius 1 is 0.900 bits per heavy atom. The summed E-state index contributed by atoms with van der Waals surface area (Å²) in [7, 11) is -1.08. The van der Waals surface area contributed by atoms with Crippen molar-refractivity contribution in [3.63, 3.8) is 0 Å². The molecule has 0 spiro atoms. The number of allylic oxidation sites excluding steroid dienone is 2. The van der Waals surface area contributed by atoms with Crippen LogP contribution in [-0.4, -0.2) is 8.07 Å². The minimum absolute atomic E-state index is 1.08. The fourth-order valence-electron chi connectivity index (χ4n) is 3.07. The van der Waals surface area contributed by atoms with E-state index in [1.54, 1.807) is 5.57 Å². The van der Waals surface area contributed by atoms with Crippen LogP contribution in [0.5, 0.6) is 0 Å². The molecule has 3 rings (SSSR count). The van der Waals surface area contributed by atoms with Gasteiger partial charge in [-0.05, 0) is 40.3 Å². The predicted octanol–water partition coefficient (Wildman–Crippen LogP) is 5.63. The molecule has 0 heterocycles. The Morgan fingerprint density at radius 3 is 2.35 bits per heavy atom. The molecule has 0 atom stereocenters. The summed E-state index contributed by atoms with van der Waals surface area (Å²) < 4.78 is 0. The smallest absolute Gasteiger partial charge is 0.0487 e. The molecule has 1 aliphatic rings. The molecule has 2 aromatic rings. The highest BCUT2D eigenvalue weighted by atomic mass is 28.3. The Morgan fingerprint density at radius 2 is 1.65 bits per heavy atom. The summed E-state index contributed by atoms with van der Waals surface area (Å²) in [4.78, 5) is 0. The van der Waals surface area contributed by atoms with E-state index in [9.17, 15) is 0 Å². The van der Waals surface area contributed by atoms with Gasteiger partial charge in [-0.3, -0.25) is 0 Å². The number of hydrogen-bond donors (Lipinski definition) is 0. The summed E-state index contributed by atoms with van der Waals surface area (Å²) in [5.74, 6) is 0. The van der Waals surface area contributed by atoms with Crippen LogP contribution in [0.15, 0.2) is 54.6 Å². The van der Waals surface area contributed by atoms with E-state index < -0.39 is 8.07 Å². The molecule has 0 saturated carbocycles. The number of fused-ring (bicyclic) bond motifs is 1. The lowest BCUT2D eigenvalue weighted by molar-refractivity contribution is 1.31. The van der Waals surface area contributed by atoms with Gasteiger partial charge < -0.3 is 0 Å². The van der Waals surface area contributed by atoms with Crippen LogP contribution < -0.4 is 0 Å². The molecule has 0 nitrogen and oxygen atoms in total. The van der Waals surface area contributed by atoms with Gasteiger partial charge in [-0.15, -0.1) is 0 Å². The second kappa shape index (κ2) is 5.06. The molecule has 0 amide bonds. The monoisotopic (exact) mass is 278 g/mol. The fraction of sp³-hybridized carbons (Fsp3) is 0.263. The van der Waals surface area contributed by atoms with Crippen molar-refractivity contribution >= 4 is 13.6 Å². The second-order valence-electron chi connectivity index (χ2n) is 6.88. The van der Waals surface area contributed by atoms with Crippen LogP contribution in [0.25, 0.3) is 16.7 Å². The van der Waals surface area contributed by atoms with Gasteiger partial charge in [0.15, 0.2) is 0 Å². The molecule has 0 bridgehead atoms. The summed E-state index contributed by atoms with van der Waals surface area (Å²) in [5.41, 5.74) is 7.34. The van der Waals surface area contributed by atoms with E-state index in [2.05, 4.69) is 74.2 Å². The molecule has 0 unspecified atom stereocenters. The Balaban J connectivity index is 2.08. The quantitative estimate of drug-likeness (QED) is 0.638. The van der Waals surface area contributed by atoms with Crippen LogP contribution in [-0.2, 0) is 6.42 Å². The average Bonchev–Trinajstić information content (AvgIpc) is 2.81. The van der Waals surface area contributed by atoms with Gasteiger partial charge in [0.1, 0.15) is 0 Å². The highest BCUT2D eigenvalue weighted by molar-refractivity contribution is 6.77. The first-order chi connectivity index (χ1) is 9.54. The van der Waals surface area contributed by atoms with Crippen molar-refractivity contribution < 1.29 is 0 Å². The maximum atomic E-state index is 2.46. The van der Waals surface area contributed by atoms with Crippen LogP contribution >= 0.6 is 0 Å². The third-order valence-electron chi connectivity index (χ3n) is 3.85. The van der Waals surface area contributed by atoms with E-state index in [4.69, 9.17) is 0 Å². The molecule has 0 N–H and O–H groups in total. The summed E-state index contributed by atoms with van der Waals surface area (Å²) in [6.45, 7) is 7.37. The summed E-state index contributed by atoms with van der Waals surface area (Å²) >= 11 is 0. The molecule has 20 heavy (non-hydrogen) atoms. The molecule has 1 heteroatoms. The van der Waals surface area contributed by atoms with Gasteiger partial charge in [-0.2, -0.15) is 0 Å². The molecule has 0 saturated heterocycles. The lowest BCUT2D eigenvalue weighted by atomic mass is 9.94. The van der Waals surface area contributed by atoms with Crippen molar-refractivity contribution in [3.8, 4) is 11.1 Å². The maximum Gasteiger partial charge on any atom is 0.0487 e. The molecule has 2 aromatic carbocycles. The standard InChI is InChI=1S/C19H22Si/c1-20(2,3)14-17-13-12-16-10-7-11-18(19(16)17)15-8-5-4-6-9-15/h4-11,13H,12,14H2,1-3H3. The lowest BCUT2D eigenvalue weighted by Crippen LogP contribution is -2.19. The molecule has 102 valence electrons. The van der Waals surface area contributed by atoms with E-state index in [1.165, 1.54) is 28.3 Å². The van der Waals surface area contributed by atoms with Gasteiger partial charge >= 0.3 is 0 Å². The van der Waals surface area contributed by atoms with Crippen LogP contribution in [0, 0.1) is 0 Å². The van der Waals surface area contributed by atoms with E-state index >= 15 is 0 Å². The number of hydrogen-bond acceptors (Lipinski definition) is 0.